The average Bonchev–Trinajstić information content (AvgIpc) is 2.41. The Morgan fingerprint density at radius 3 is 1.95 bits per heavy atom. The Morgan fingerprint density at radius 1 is 0.905 bits per heavy atom. The van der Waals surface area contributed by atoms with Crippen LogP contribution in [0, 0.1) is 0 Å². The predicted molar refractivity (Wildman–Crippen MR) is 106 cm³/mol. The Bertz CT molecular complexity index is 266. The highest BCUT2D eigenvalue weighted by molar-refractivity contribution is 6.74. The summed E-state index contributed by atoms with van der Waals surface area (Å²) in [5.74, 6) is 0. The van der Waals surface area contributed by atoms with Gasteiger partial charge in [0.2, 0.25) is 0 Å². The van der Waals surface area contributed by atoms with Gasteiger partial charge in [-0.3, -0.25) is 0 Å². The normalized spacial score (nSPS) is 12.5. The lowest BCUT2D eigenvalue weighted by Crippen LogP contribution is -2.48. The number of rotatable bonds is 13. The third-order valence-electron chi connectivity index (χ3n) is 4.66. The van der Waals surface area contributed by atoms with Crippen LogP contribution in [0.25, 0.3) is 0 Å². The van der Waals surface area contributed by atoms with Gasteiger partial charge in [-0.2, -0.15) is 0 Å². The smallest absolute Gasteiger partial charge is 0.122 e. The van der Waals surface area contributed by atoms with Gasteiger partial charge >= 0.3 is 0 Å². The van der Waals surface area contributed by atoms with Crippen molar-refractivity contribution in [3.05, 3.63) is 11.3 Å². The van der Waals surface area contributed by atoms with Crippen molar-refractivity contribution < 1.29 is 0 Å². The van der Waals surface area contributed by atoms with E-state index in [0.717, 1.165) is 0 Å². The van der Waals surface area contributed by atoms with Crippen molar-refractivity contribution in [2.75, 3.05) is 13.1 Å². The molecule has 21 heavy (non-hydrogen) atoms. The SMILES string of the molecule is CCN(CC)[Si](C)(C)CCCCCCCC[SiH2]C=C(C)C. The summed E-state index contributed by atoms with van der Waals surface area (Å²) in [6.07, 6.45) is 8.81. The van der Waals surface area contributed by atoms with Crippen molar-refractivity contribution in [2.24, 2.45) is 0 Å². The van der Waals surface area contributed by atoms with Gasteiger partial charge in [0.25, 0.3) is 0 Å². The third-order valence-corrected chi connectivity index (χ3v) is 10.6. The molecule has 0 heterocycles. The summed E-state index contributed by atoms with van der Waals surface area (Å²) in [5, 5.41) is 0. The van der Waals surface area contributed by atoms with E-state index in [4.69, 9.17) is 0 Å². The maximum Gasteiger partial charge on any atom is 0.122 e. The highest BCUT2D eigenvalue weighted by Crippen LogP contribution is 2.20. The van der Waals surface area contributed by atoms with Gasteiger partial charge in [-0.15, -0.1) is 5.70 Å². The van der Waals surface area contributed by atoms with E-state index in [-0.39, 0.29) is 9.52 Å². The van der Waals surface area contributed by atoms with Crippen molar-refractivity contribution in [3.63, 3.8) is 0 Å². The van der Waals surface area contributed by atoms with Crippen LogP contribution in [0.5, 0.6) is 0 Å². The molecule has 0 aliphatic carbocycles. The average molecular weight is 328 g/mol. The molecule has 0 spiro atoms. The largest absolute Gasteiger partial charge is 0.324 e. The lowest BCUT2D eigenvalue weighted by atomic mass is 10.1. The Kier molecular flexibility index (Phi) is 12.7. The van der Waals surface area contributed by atoms with Crippen molar-refractivity contribution in [1.82, 2.24) is 4.57 Å². The number of hydrogen-bond donors (Lipinski definition) is 0. The van der Waals surface area contributed by atoms with Crippen molar-refractivity contribution >= 4 is 17.8 Å². The maximum absolute atomic E-state index is 2.74. The Hall–Kier alpha value is 0.134. The first-order valence-electron chi connectivity index (χ1n) is 9.32. The van der Waals surface area contributed by atoms with Gasteiger partial charge in [-0.25, -0.2) is 0 Å². The molecule has 1 nitrogen and oxygen atoms in total. The first-order valence-corrected chi connectivity index (χ1v) is 14.3. The van der Waals surface area contributed by atoms with Gasteiger partial charge in [0.05, 0.1) is 0 Å². The highest BCUT2D eigenvalue weighted by Gasteiger charge is 2.26. The second-order valence-corrected chi connectivity index (χ2v) is 13.7. The Morgan fingerprint density at radius 2 is 1.43 bits per heavy atom. The standard InChI is InChI=1S/C18H41NSi2/c1-7-19(8-2)21(5,6)16-14-12-10-9-11-13-15-20-17-18(3)4/h17H,7-16,20H2,1-6H3. The molecule has 0 radical (unpaired) electrons. The number of nitrogens with zero attached hydrogens (tertiary/aromatic N) is 1. The van der Waals surface area contributed by atoms with Gasteiger partial charge < -0.3 is 4.57 Å². The quantitative estimate of drug-likeness (QED) is 0.324. The van der Waals surface area contributed by atoms with Crippen LogP contribution in [0.2, 0.25) is 25.2 Å². The van der Waals surface area contributed by atoms with Crippen LogP contribution < -0.4 is 0 Å². The van der Waals surface area contributed by atoms with Gasteiger partial charge in [0.15, 0.2) is 0 Å². The molecule has 0 aliphatic rings. The molecule has 0 amide bonds. The summed E-state index contributed by atoms with van der Waals surface area (Å²) in [6.45, 7) is 16.7. The molecule has 0 aromatic carbocycles. The number of unbranched alkanes of at least 4 members (excludes halogenated alkanes) is 5. The molecule has 0 aromatic rings. The lowest BCUT2D eigenvalue weighted by Gasteiger charge is -2.35. The molecule has 0 fully saturated rings. The summed E-state index contributed by atoms with van der Waals surface area (Å²) >= 11 is 0. The van der Waals surface area contributed by atoms with E-state index in [0.29, 0.717) is 0 Å². The van der Waals surface area contributed by atoms with E-state index in [1.54, 1.807) is 0 Å². The molecule has 0 aromatic heterocycles. The monoisotopic (exact) mass is 327 g/mol. The zero-order valence-electron chi connectivity index (χ0n) is 15.8. The Balaban J connectivity index is 3.49. The van der Waals surface area contributed by atoms with Crippen LogP contribution in [-0.4, -0.2) is 35.4 Å². The van der Waals surface area contributed by atoms with E-state index in [2.05, 4.69) is 51.1 Å². The lowest BCUT2D eigenvalue weighted by molar-refractivity contribution is 0.461. The molecule has 0 bridgehead atoms. The predicted octanol–water partition coefficient (Wildman–Crippen LogP) is 5.38. The fraction of sp³-hybridized carbons (Fsp3) is 0.889. The van der Waals surface area contributed by atoms with Crippen molar-refractivity contribution in [2.45, 2.75) is 91.4 Å². The molecule has 0 unspecified atom stereocenters. The van der Waals surface area contributed by atoms with Crippen molar-refractivity contribution in [3.8, 4) is 0 Å². The van der Waals surface area contributed by atoms with Gasteiger partial charge in [0, 0.05) is 9.52 Å². The Labute approximate surface area is 138 Å². The molecule has 126 valence electrons. The number of hydrogen-bond acceptors (Lipinski definition) is 1. The topological polar surface area (TPSA) is 3.24 Å². The second-order valence-electron chi connectivity index (χ2n) is 7.28. The van der Waals surface area contributed by atoms with Crippen LogP contribution in [-0.2, 0) is 0 Å². The van der Waals surface area contributed by atoms with E-state index in [9.17, 15) is 0 Å². The van der Waals surface area contributed by atoms with Crippen molar-refractivity contribution in [1.29, 1.82) is 0 Å². The molecule has 0 atom stereocenters. The summed E-state index contributed by atoms with van der Waals surface area (Å²) in [7, 11) is -0.973. The third kappa shape index (κ3) is 11.4. The van der Waals surface area contributed by atoms with E-state index < -0.39 is 8.24 Å². The summed E-state index contributed by atoms with van der Waals surface area (Å²) in [6, 6.07) is 3.01. The fourth-order valence-electron chi connectivity index (χ4n) is 3.21. The van der Waals surface area contributed by atoms with Crippen LogP contribution in [0.1, 0.15) is 66.2 Å². The fourth-order valence-corrected chi connectivity index (χ4v) is 7.78. The summed E-state index contributed by atoms with van der Waals surface area (Å²) < 4.78 is 2.74. The molecule has 0 N–H and O–H groups in total. The highest BCUT2D eigenvalue weighted by atomic mass is 28.3. The molecule has 0 aliphatic heterocycles. The van der Waals surface area contributed by atoms with Gasteiger partial charge in [0.1, 0.15) is 8.24 Å². The first kappa shape index (κ1) is 21.1. The minimum absolute atomic E-state index is 0.125. The minimum Gasteiger partial charge on any atom is -0.324 e. The molecule has 0 rings (SSSR count). The first-order chi connectivity index (χ1) is 9.94. The molecular weight excluding hydrogens is 286 g/mol. The summed E-state index contributed by atoms with van der Waals surface area (Å²) in [4.78, 5) is 0. The van der Waals surface area contributed by atoms with Crippen LogP contribution >= 0.6 is 0 Å². The van der Waals surface area contributed by atoms with E-state index in [1.807, 2.05) is 0 Å². The zero-order chi connectivity index (χ0) is 16.1. The molecule has 0 saturated carbocycles. The van der Waals surface area contributed by atoms with Crippen LogP contribution in [0.15, 0.2) is 11.3 Å². The second kappa shape index (κ2) is 12.7. The minimum atomic E-state index is -1.10. The maximum atomic E-state index is 2.74. The molecular formula is C18H41NSi2. The van der Waals surface area contributed by atoms with Crippen LogP contribution in [0.4, 0.5) is 0 Å². The van der Waals surface area contributed by atoms with E-state index >= 15 is 0 Å². The molecule has 3 heteroatoms. The van der Waals surface area contributed by atoms with Crippen LogP contribution in [0.3, 0.4) is 0 Å². The molecule has 0 saturated heterocycles. The zero-order valence-corrected chi connectivity index (χ0v) is 18.2. The number of allylic oxidation sites excluding steroid dienone is 1. The summed E-state index contributed by atoms with van der Waals surface area (Å²) in [5.41, 5.74) is 4.04. The van der Waals surface area contributed by atoms with Gasteiger partial charge in [-0.1, -0.05) is 77.1 Å². The van der Waals surface area contributed by atoms with E-state index in [1.165, 1.54) is 69.3 Å². The van der Waals surface area contributed by atoms with Gasteiger partial charge in [-0.05, 0) is 33.0 Å².